The molecule has 0 aromatic carbocycles. The topological polar surface area (TPSA) is 107 Å². The molecule has 0 radical (unpaired) electrons. The van der Waals surface area contributed by atoms with Gasteiger partial charge in [-0.15, -0.1) is 0 Å². The fraction of sp³-hybridized carbons (Fsp3) is 0.600. The molecule has 1 rings (SSSR count). The lowest BCUT2D eigenvalue weighted by atomic mass is 10.1. The fourth-order valence-electron chi connectivity index (χ4n) is 1.51. The number of hydrogen-bond donors (Lipinski definition) is 2. The zero-order valence-electron chi connectivity index (χ0n) is 10.4. The number of amides is 4. The highest BCUT2D eigenvalue weighted by molar-refractivity contribution is 6.08. The molecule has 0 aromatic rings. The van der Waals surface area contributed by atoms with E-state index in [1.807, 2.05) is 0 Å². The first-order valence-electron chi connectivity index (χ1n) is 5.25. The van der Waals surface area contributed by atoms with Crippen LogP contribution in [0.15, 0.2) is 0 Å². The molecule has 0 atom stereocenters. The molecule has 0 unspecified atom stereocenters. The van der Waals surface area contributed by atoms with E-state index < -0.39 is 42.4 Å². The van der Waals surface area contributed by atoms with Crippen molar-refractivity contribution in [3.05, 3.63) is 0 Å². The number of carboxylic acids is 1. The van der Waals surface area contributed by atoms with E-state index in [4.69, 9.17) is 5.11 Å². The van der Waals surface area contributed by atoms with Crippen LogP contribution in [-0.2, 0) is 14.4 Å². The number of carboxylic acid groups (broad SMARTS) is 1. The summed E-state index contributed by atoms with van der Waals surface area (Å²) in [5.41, 5.74) is -1.04. The Hall–Kier alpha value is -2.12. The second kappa shape index (κ2) is 4.63. The van der Waals surface area contributed by atoms with Gasteiger partial charge in [0.05, 0.1) is 0 Å². The van der Waals surface area contributed by atoms with Crippen molar-refractivity contribution in [3.8, 4) is 0 Å². The van der Waals surface area contributed by atoms with Crippen LogP contribution < -0.4 is 5.32 Å². The molecule has 0 bridgehead atoms. The number of rotatable bonds is 4. The molecule has 18 heavy (non-hydrogen) atoms. The van der Waals surface area contributed by atoms with Crippen LogP contribution in [0.5, 0.6) is 0 Å². The molecule has 0 saturated carbocycles. The fourth-order valence-corrected chi connectivity index (χ4v) is 1.51. The number of nitrogens with one attached hydrogen (secondary N) is 1. The van der Waals surface area contributed by atoms with E-state index in [9.17, 15) is 19.2 Å². The lowest BCUT2D eigenvalue weighted by Crippen LogP contribution is -2.44. The van der Waals surface area contributed by atoms with Crippen molar-refractivity contribution in [2.75, 3.05) is 20.1 Å². The minimum Gasteiger partial charge on any atom is -0.480 e. The van der Waals surface area contributed by atoms with Crippen LogP contribution in [0.4, 0.5) is 4.79 Å². The summed E-state index contributed by atoms with van der Waals surface area (Å²) in [6.45, 7) is 2.11. The third-order valence-electron chi connectivity index (χ3n) is 2.54. The average molecular weight is 257 g/mol. The summed E-state index contributed by atoms with van der Waals surface area (Å²) in [5, 5.41) is 11.0. The number of urea groups is 1. The molecule has 1 heterocycles. The Morgan fingerprint density at radius 1 is 1.39 bits per heavy atom. The van der Waals surface area contributed by atoms with Crippen LogP contribution in [-0.4, -0.2) is 64.4 Å². The minimum absolute atomic E-state index is 0.460. The van der Waals surface area contributed by atoms with Crippen LogP contribution in [0.1, 0.15) is 13.8 Å². The van der Waals surface area contributed by atoms with E-state index in [-0.39, 0.29) is 0 Å². The molecule has 8 heteroatoms. The van der Waals surface area contributed by atoms with Crippen molar-refractivity contribution in [2.24, 2.45) is 0 Å². The predicted octanol–water partition coefficient (Wildman–Crippen LogP) is -1.14. The average Bonchev–Trinajstić information content (AvgIpc) is 2.39. The predicted molar refractivity (Wildman–Crippen MR) is 59.6 cm³/mol. The number of carbonyl (C=O) groups is 4. The van der Waals surface area contributed by atoms with Crippen LogP contribution >= 0.6 is 0 Å². The van der Waals surface area contributed by atoms with Crippen molar-refractivity contribution in [1.82, 2.24) is 15.1 Å². The Kier molecular flexibility index (Phi) is 3.59. The van der Waals surface area contributed by atoms with Gasteiger partial charge in [0, 0.05) is 7.05 Å². The van der Waals surface area contributed by atoms with Gasteiger partial charge >= 0.3 is 12.0 Å². The highest BCUT2D eigenvalue weighted by Gasteiger charge is 2.45. The molecule has 0 aromatic heterocycles. The Bertz CT molecular complexity index is 418. The summed E-state index contributed by atoms with van der Waals surface area (Å²) in [4.78, 5) is 47.0. The van der Waals surface area contributed by atoms with Gasteiger partial charge in [-0.2, -0.15) is 0 Å². The van der Waals surface area contributed by atoms with Crippen LogP contribution in [0.3, 0.4) is 0 Å². The molecule has 1 aliphatic rings. The first-order valence-corrected chi connectivity index (χ1v) is 5.25. The third kappa shape index (κ3) is 2.76. The van der Waals surface area contributed by atoms with E-state index in [2.05, 4.69) is 5.32 Å². The van der Waals surface area contributed by atoms with Gasteiger partial charge in [-0.1, -0.05) is 0 Å². The molecule has 1 saturated heterocycles. The van der Waals surface area contributed by atoms with Crippen molar-refractivity contribution in [2.45, 2.75) is 19.4 Å². The van der Waals surface area contributed by atoms with Crippen molar-refractivity contribution in [1.29, 1.82) is 0 Å². The maximum absolute atomic E-state index is 11.8. The normalized spacial score (nSPS) is 17.6. The highest BCUT2D eigenvalue weighted by atomic mass is 16.4. The minimum atomic E-state index is -1.16. The molecule has 1 fully saturated rings. The second-order valence-corrected chi connectivity index (χ2v) is 4.59. The quantitative estimate of drug-likeness (QED) is 0.619. The lowest BCUT2D eigenvalue weighted by molar-refractivity contribution is -0.144. The summed E-state index contributed by atoms with van der Waals surface area (Å²) < 4.78 is 0. The van der Waals surface area contributed by atoms with Gasteiger partial charge in [-0.05, 0) is 13.8 Å². The zero-order chi connectivity index (χ0) is 14.1. The van der Waals surface area contributed by atoms with Crippen molar-refractivity contribution >= 4 is 23.8 Å². The number of likely N-dealkylation sites (N-methyl/N-ethyl adjacent to an activating group) is 1. The summed E-state index contributed by atoms with van der Waals surface area (Å²) in [6.07, 6.45) is 0. The Morgan fingerprint density at radius 3 is 2.33 bits per heavy atom. The van der Waals surface area contributed by atoms with E-state index in [1.165, 1.54) is 20.9 Å². The number of aliphatic carboxylic acids is 1. The monoisotopic (exact) mass is 257 g/mol. The van der Waals surface area contributed by atoms with Crippen LogP contribution in [0.25, 0.3) is 0 Å². The van der Waals surface area contributed by atoms with E-state index in [1.54, 1.807) is 0 Å². The summed E-state index contributed by atoms with van der Waals surface area (Å²) in [5.74, 6) is -2.29. The van der Waals surface area contributed by atoms with Gasteiger partial charge in [-0.3, -0.25) is 19.3 Å². The molecular weight excluding hydrogens is 242 g/mol. The number of nitrogens with zero attached hydrogens (tertiary/aromatic N) is 2. The highest BCUT2D eigenvalue weighted by Crippen LogP contribution is 2.16. The maximum atomic E-state index is 11.8. The molecule has 4 amide bonds. The molecule has 0 spiro atoms. The van der Waals surface area contributed by atoms with Crippen LogP contribution in [0.2, 0.25) is 0 Å². The van der Waals surface area contributed by atoms with E-state index in [0.29, 0.717) is 0 Å². The first-order chi connectivity index (χ1) is 8.15. The van der Waals surface area contributed by atoms with Crippen molar-refractivity contribution in [3.63, 3.8) is 0 Å². The first kappa shape index (κ1) is 13.9. The number of carbonyl (C=O) groups excluding carboxylic acids is 3. The van der Waals surface area contributed by atoms with Gasteiger partial charge in [0.25, 0.3) is 5.91 Å². The van der Waals surface area contributed by atoms with Gasteiger partial charge in [-0.25, -0.2) is 4.79 Å². The molecule has 2 N–H and O–H groups in total. The molecule has 100 valence electrons. The van der Waals surface area contributed by atoms with Gasteiger partial charge in [0.15, 0.2) is 0 Å². The zero-order valence-corrected chi connectivity index (χ0v) is 10.4. The molecule has 0 aliphatic carbocycles. The van der Waals surface area contributed by atoms with Gasteiger partial charge in [0.1, 0.15) is 18.6 Å². The SMILES string of the molecule is CN(CC(=O)O)C(=O)CN1C(=O)NC(C)(C)C1=O. The summed E-state index contributed by atoms with van der Waals surface area (Å²) in [7, 11) is 1.29. The standard InChI is InChI=1S/C10H15N3O5/c1-10(2)8(17)13(9(18)11-10)4-6(14)12(3)5-7(15)16/h4-5H2,1-3H3,(H,11,18)(H,15,16). The smallest absolute Gasteiger partial charge is 0.325 e. The van der Waals surface area contributed by atoms with Gasteiger partial charge < -0.3 is 15.3 Å². The lowest BCUT2D eigenvalue weighted by Gasteiger charge is -2.19. The van der Waals surface area contributed by atoms with E-state index in [0.717, 1.165) is 9.80 Å². The van der Waals surface area contributed by atoms with E-state index >= 15 is 0 Å². The largest absolute Gasteiger partial charge is 0.480 e. The Labute approximate surface area is 104 Å². The van der Waals surface area contributed by atoms with Crippen molar-refractivity contribution < 1.29 is 24.3 Å². The Balaban J connectivity index is 2.68. The molecule has 8 nitrogen and oxygen atoms in total. The van der Waals surface area contributed by atoms with Crippen LogP contribution in [0, 0.1) is 0 Å². The number of imide groups is 1. The Morgan fingerprint density at radius 2 is 1.94 bits per heavy atom. The molecular formula is C10H15N3O5. The van der Waals surface area contributed by atoms with Gasteiger partial charge in [0.2, 0.25) is 5.91 Å². The summed E-state index contributed by atoms with van der Waals surface area (Å²) >= 11 is 0. The number of hydrogen-bond acceptors (Lipinski definition) is 4. The maximum Gasteiger partial charge on any atom is 0.325 e. The summed E-state index contributed by atoms with van der Waals surface area (Å²) in [6, 6.07) is -0.651. The third-order valence-corrected chi connectivity index (χ3v) is 2.54. The second-order valence-electron chi connectivity index (χ2n) is 4.59. The molecule has 1 aliphatic heterocycles.